The molecule has 7 heteroatoms. The van der Waals surface area contributed by atoms with Crippen molar-refractivity contribution in [1.82, 2.24) is 0 Å². The van der Waals surface area contributed by atoms with Gasteiger partial charge in [0.15, 0.2) is 5.71 Å². The molecule has 260 valence electrons. The first kappa shape index (κ1) is 36.4. The van der Waals surface area contributed by atoms with E-state index in [0.29, 0.717) is 19.5 Å². The molecule has 0 fully saturated rings. The van der Waals surface area contributed by atoms with Crippen LogP contribution in [-0.4, -0.2) is 47.5 Å². The van der Waals surface area contributed by atoms with E-state index in [4.69, 9.17) is 21.4 Å². The van der Waals surface area contributed by atoms with Gasteiger partial charge in [-0.25, -0.2) is 0 Å². The van der Waals surface area contributed by atoms with Gasteiger partial charge in [0.1, 0.15) is 6.54 Å². The van der Waals surface area contributed by atoms with Gasteiger partial charge >= 0.3 is 5.97 Å². The molecule has 1 N–H and O–H groups in total. The van der Waals surface area contributed by atoms with Crippen LogP contribution in [-0.2, 0) is 25.2 Å². The van der Waals surface area contributed by atoms with Crippen molar-refractivity contribution in [1.29, 1.82) is 0 Å². The molecule has 0 spiro atoms. The molecule has 0 saturated carbocycles. The first-order chi connectivity index (χ1) is 23.6. The number of carbonyl (C=O) groups excluding carboxylic acids is 1. The van der Waals surface area contributed by atoms with Gasteiger partial charge in [-0.2, -0.15) is 4.58 Å². The Morgan fingerprint density at radius 2 is 1.63 bits per heavy atom. The van der Waals surface area contributed by atoms with Crippen LogP contribution in [0.1, 0.15) is 103 Å². The highest BCUT2D eigenvalue weighted by Gasteiger charge is 2.44. The standard InChI is InChI=1S/C42H51ClN2O4/c1-41(2)33-18-8-10-20-35(33)44(27-12-5-7-22-39(47)48)37(41)25-23-31-16-15-17-32(40(31)43)24-26-38-42(3,4)34-19-9-11-21-36(34)45(38)28-13-6-14-29-49-30-46/h8-11,18-21,23-26,30H,5-7,12-17,22,27-29H2,1-4H3/p+1. The van der Waals surface area contributed by atoms with E-state index >= 15 is 0 Å². The fourth-order valence-electron chi connectivity index (χ4n) is 7.73. The Morgan fingerprint density at radius 1 is 0.898 bits per heavy atom. The number of anilines is 1. The summed E-state index contributed by atoms with van der Waals surface area (Å²) in [4.78, 5) is 24.0. The number of ether oxygens (including phenoxy) is 1. The monoisotopic (exact) mass is 683 g/mol. The maximum atomic E-state index is 11.0. The maximum absolute atomic E-state index is 11.0. The second-order valence-corrected chi connectivity index (χ2v) is 14.9. The third-order valence-corrected chi connectivity index (χ3v) is 10.9. The molecule has 2 aromatic rings. The number of carboxylic acid groups (broad SMARTS) is 1. The van der Waals surface area contributed by atoms with Crippen LogP contribution in [0.15, 0.2) is 94.7 Å². The van der Waals surface area contributed by atoms with Crippen molar-refractivity contribution in [2.24, 2.45) is 0 Å². The maximum Gasteiger partial charge on any atom is 0.303 e. The molecule has 2 aliphatic heterocycles. The average molecular weight is 684 g/mol. The highest BCUT2D eigenvalue weighted by Crippen LogP contribution is 2.48. The molecule has 0 aromatic heterocycles. The number of allylic oxidation sites excluding steroid dienone is 8. The second-order valence-electron chi connectivity index (χ2n) is 14.5. The van der Waals surface area contributed by atoms with Gasteiger partial charge in [-0.1, -0.05) is 80.4 Å². The van der Waals surface area contributed by atoms with Crippen molar-refractivity contribution in [3.05, 3.63) is 106 Å². The second kappa shape index (κ2) is 16.2. The van der Waals surface area contributed by atoms with E-state index in [9.17, 15) is 9.59 Å². The Balaban J connectivity index is 1.40. The van der Waals surface area contributed by atoms with Crippen LogP contribution in [0, 0.1) is 0 Å². The predicted octanol–water partition coefficient (Wildman–Crippen LogP) is 9.89. The smallest absolute Gasteiger partial charge is 0.303 e. The highest BCUT2D eigenvalue weighted by molar-refractivity contribution is 6.32. The third-order valence-electron chi connectivity index (χ3n) is 10.4. The lowest BCUT2D eigenvalue weighted by atomic mass is 9.81. The molecule has 0 amide bonds. The lowest BCUT2D eigenvalue weighted by molar-refractivity contribution is -0.438. The Labute approximate surface area is 297 Å². The lowest BCUT2D eigenvalue weighted by Crippen LogP contribution is -2.28. The van der Waals surface area contributed by atoms with Gasteiger partial charge in [-0.05, 0) is 87.6 Å². The number of hydrogen-bond acceptors (Lipinski definition) is 4. The first-order valence-corrected chi connectivity index (χ1v) is 18.3. The summed E-state index contributed by atoms with van der Waals surface area (Å²) in [5.41, 5.74) is 9.72. The normalized spacial score (nSPS) is 19.7. The molecule has 5 rings (SSSR count). The number of benzene rings is 2. The molecule has 0 unspecified atom stereocenters. The summed E-state index contributed by atoms with van der Waals surface area (Å²) in [5.74, 6) is -0.728. The zero-order valence-electron chi connectivity index (χ0n) is 29.6. The van der Waals surface area contributed by atoms with E-state index in [0.717, 1.165) is 69.5 Å². The first-order valence-electron chi connectivity index (χ1n) is 17.9. The fraction of sp³-hybridized carbons (Fsp3) is 0.452. The van der Waals surface area contributed by atoms with E-state index in [1.807, 2.05) is 0 Å². The van der Waals surface area contributed by atoms with Crippen molar-refractivity contribution < 1.29 is 24.0 Å². The van der Waals surface area contributed by atoms with Crippen molar-refractivity contribution in [3.63, 3.8) is 0 Å². The van der Waals surface area contributed by atoms with Crippen LogP contribution in [0.25, 0.3) is 0 Å². The van der Waals surface area contributed by atoms with Crippen LogP contribution >= 0.6 is 11.6 Å². The average Bonchev–Trinajstić information content (AvgIpc) is 3.43. The minimum atomic E-state index is -0.728. The molecular formula is C42H52ClN2O4+. The van der Waals surface area contributed by atoms with E-state index in [-0.39, 0.29) is 17.3 Å². The van der Waals surface area contributed by atoms with Gasteiger partial charge in [-0.3, -0.25) is 9.59 Å². The summed E-state index contributed by atoms with van der Waals surface area (Å²) >= 11 is 7.21. The summed E-state index contributed by atoms with van der Waals surface area (Å²) in [5, 5.41) is 9.91. The zero-order chi connectivity index (χ0) is 35.0. The quantitative estimate of drug-likeness (QED) is 0.108. The number of aliphatic carboxylic acids is 1. The van der Waals surface area contributed by atoms with Crippen LogP contribution in [0.5, 0.6) is 0 Å². The van der Waals surface area contributed by atoms with Gasteiger partial charge in [-0.15, -0.1) is 0 Å². The number of fused-ring (bicyclic) bond motifs is 2. The minimum Gasteiger partial charge on any atom is -0.481 e. The van der Waals surface area contributed by atoms with Crippen LogP contribution in [0.3, 0.4) is 0 Å². The van der Waals surface area contributed by atoms with Gasteiger partial charge in [0, 0.05) is 58.9 Å². The Bertz CT molecular complexity index is 1690. The molecule has 3 aliphatic rings. The van der Waals surface area contributed by atoms with Gasteiger partial charge in [0.25, 0.3) is 6.47 Å². The van der Waals surface area contributed by atoms with E-state index < -0.39 is 5.97 Å². The molecule has 2 heterocycles. The number of carboxylic acids is 1. The van der Waals surface area contributed by atoms with Crippen molar-refractivity contribution in [3.8, 4) is 0 Å². The molecule has 0 saturated heterocycles. The summed E-state index contributed by atoms with van der Waals surface area (Å²) in [6.07, 6.45) is 17.6. The number of rotatable bonds is 16. The van der Waals surface area contributed by atoms with Gasteiger partial charge in [0.05, 0.1) is 12.0 Å². The van der Waals surface area contributed by atoms with Crippen LogP contribution in [0.4, 0.5) is 11.4 Å². The Morgan fingerprint density at radius 3 is 2.41 bits per heavy atom. The van der Waals surface area contributed by atoms with Crippen LogP contribution < -0.4 is 4.90 Å². The van der Waals surface area contributed by atoms with Crippen LogP contribution in [0.2, 0.25) is 0 Å². The van der Waals surface area contributed by atoms with Crippen molar-refractivity contribution >= 4 is 41.1 Å². The van der Waals surface area contributed by atoms with Gasteiger partial charge in [0.2, 0.25) is 5.69 Å². The van der Waals surface area contributed by atoms with E-state index in [1.54, 1.807) is 0 Å². The van der Waals surface area contributed by atoms with Gasteiger partial charge < -0.3 is 14.7 Å². The number of para-hydroxylation sites is 2. The molecule has 0 radical (unpaired) electrons. The van der Waals surface area contributed by atoms with Crippen molar-refractivity contribution in [2.45, 2.75) is 103 Å². The van der Waals surface area contributed by atoms with Crippen molar-refractivity contribution in [2.75, 3.05) is 24.6 Å². The summed E-state index contributed by atoms with van der Waals surface area (Å²) in [6, 6.07) is 17.3. The topological polar surface area (TPSA) is 69.9 Å². The molecule has 0 bridgehead atoms. The molecule has 2 aromatic carbocycles. The molecule has 6 nitrogen and oxygen atoms in total. The molecule has 0 atom stereocenters. The number of halogens is 1. The Hall–Kier alpha value is -3.90. The lowest BCUT2D eigenvalue weighted by Gasteiger charge is -2.27. The third kappa shape index (κ3) is 8.12. The fourth-order valence-corrected chi connectivity index (χ4v) is 8.05. The van der Waals surface area contributed by atoms with E-state index in [2.05, 4.69) is 110 Å². The molecule has 1 aliphatic carbocycles. The summed E-state index contributed by atoms with van der Waals surface area (Å²) in [6.45, 7) is 11.9. The highest BCUT2D eigenvalue weighted by atomic mass is 35.5. The number of nitrogens with zero attached hydrogens (tertiary/aromatic N) is 2. The number of carbonyl (C=O) groups is 2. The Kier molecular flexibility index (Phi) is 12.0. The minimum absolute atomic E-state index is 0.140. The molecular weight excluding hydrogens is 632 g/mol. The number of unbranched alkanes of at least 4 members (excludes halogenated alkanes) is 4. The predicted molar refractivity (Wildman–Crippen MR) is 200 cm³/mol. The summed E-state index contributed by atoms with van der Waals surface area (Å²) < 4.78 is 7.35. The molecule has 49 heavy (non-hydrogen) atoms. The SMILES string of the molecule is CC1(C)C(=CC=C2CCCC(C=CC3=[N+](CCCCCOC=O)c4ccccc4C3(C)C)=C2Cl)N(CCCCCC(=O)O)c2ccccc21. The summed E-state index contributed by atoms with van der Waals surface area (Å²) in [7, 11) is 0. The zero-order valence-corrected chi connectivity index (χ0v) is 30.4. The largest absolute Gasteiger partial charge is 0.481 e. The van der Waals surface area contributed by atoms with E-state index in [1.165, 1.54) is 45.1 Å². The number of hydrogen-bond donors (Lipinski definition) is 1.